The summed E-state index contributed by atoms with van der Waals surface area (Å²) in [4.78, 5) is 25.6. The molecule has 1 heterocycles. The van der Waals surface area contributed by atoms with Gasteiger partial charge in [-0.15, -0.1) is 0 Å². The van der Waals surface area contributed by atoms with E-state index in [9.17, 15) is 9.59 Å². The highest BCUT2D eigenvalue weighted by molar-refractivity contribution is 5.95. The summed E-state index contributed by atoms with van der Waals surface area (Å²) in [5, 5.41) is 4.97. The van der Waals surface area contributed by atoms with Crippen molar-refractivity contribution < 1.29 is 9.59 Å². The molecule has 0 aromatic rings. The van der Waals surface area contributed by atoms with Crippen LogP contribution in [0.15, 0.2) is 0 Å². The molecular weight excluding hydrogens is 254 g/mol. The van der Waals surface area contributed by atoms with Gasteiger partial charge in [-0.2, -0.15) is 0 Å². The molecular formula is C15H29N3O2. The minimum absolute atomic E-state index is 0.212. The molecule has 3 amide bonds. The highest BCUT2D eigenvalue weighted by Crippen LogP contribution is 2.25. The first-order valence-corrected chi connectivity index (χ1v) is 7.75. The van der Waals surface area contributed by atoms with Gasteiger partial charge in [-0.25, -0.2) is 4.79 Å². The molecule has 1 fully saturated rings. The highest BCUT2D eigenvalue weighted by Gasteiger charge is 2.27. The minimum atomic E-state index is -0.401. The lowest BCUT2D eigenvalue weighted by Crippen LogP contribution is -2.48. The van der Waals surface area contributed by atoms with E-state index in [-0.39, 0.29) is 5.91 Å². The second kappa shape index (κ2) is 8.25. The fraction of sp³-hybridized carbons (Fsp3) is 0.867. The van der Waals surface area contributed by atoms with Crippen molar-refractivity contribution in [2.45, 2.75) is 53.0 Å². The molecule has 0 radical (unpaired) electrons. The van der Waals surface area contributed by atoms with Crippen LogP contribution in [0.25, 0.3) is 0 Å². The molecule has 0 aromatic heterocycles. The van der Waals surface area contributed by atoms with Crippen LogP contribution in [0.3, 0.4) is 0 Å². The number of likely N-dealkylation sites (tertiary alicyclic amines) is 1. The summed E-state index contributed by atoms with van der Waals surface area (Å²) >= 11 is 0. The first-order valence-electron chi connectivity index (χ1n) is 7.75. The van der Waals surface area contributed by atoms with Crippen molar-refractivity contribution in [3.63, 3.8) is 0 Å². The summed E-state index contributed by atoms with van der Waals surface area (Å²) in [7, 11) is 0. The molecule has 116 valence electrons. The Morgan fingerprint density at radius 2 is 1.95 bits per heavy atom. The van der Waals surface area contributed by atoms with Crippen LogP contribution in [0.2, 0.25) is 0 Å². The lowest BCUT2D eigenvalue weighted by Gasteiger charge is -2.32. The van der Waals surface area contributed by atoms with E-state index in [1.165, 1.54) is 6.42 Å². The maximum atomic E-state index is 11.9. The Hall–Kier alpha value is -1.10. The molecule has 2 atom stereocenters. The summed E-state index contributed by atoms with van der Waals surface area (Å²) in [6, 6.07) is 0.0294. The van der Waals surface area contributed by atoms with Crippen LogP contribution in [0.4, 0.5) is 4.79 Å². The molecule has 0 saturated carbocycles. The molecule has 20 heavy (non-hydrogen) atoms. The van der Waals surface area contributed by atoms with Crippen LogP contribution in [-0.4, -0.2) is 42.5 Å². The number of nitrogens with one attached hydrogen (secondary N) is 2. The number of rotatable bonds is 4. The molecule has 5 nitrogen and oxygen atoms in total. The number of amides is 3. The average molecular weight is 283 g/mol. The zero-order valence-electron chi connectivity index (χ0n) is 13.2. The first kappa shape index (κ1) is 17.0. The van der Waals surface area contributed by atoms with E-state index in [2.05, 4.69) is 36.3 Å². The Morgan fingerprint density at radius 1 is 1.25 bits per heavy atom. The van der Waals surface area contributed by atoms with Gasteiger partial charge in [0.1, 0.15) is 0 Å². The van der Waals surface area contributed by atoms with Crippen molar-refractivity contribution in [2.24, 2.45) is 11.8 Å². The van der Waals surface area contributed by atoms with Gasteiger partial charge >= 0.3 is 6.03 Å². The van der Waals surface area contributed by atoms with Crippen LogP contribution in [0.5, 0.6) is 0 Å². The third-order valence-electron chi connectivity index (χ3n) is 4.04. The fourth-order valence-electron chi connectivity index (χ4n) is 2.84. The molecule has 0 aliphatic carbocycles. The van der Waals surface area contributed by atoms with Crippen LogP contribution in [0.1, 0.15) is 47.0 Å². The molecule has 2 unspecified atom stereocenters. The molecule has 0 spiro atoms. The molecule has 0 aromatic carbocycles. The van der Waals surface area contributed by atoms with E-state index in [1.54, 1.807) is 0 Å². The minimum Gasteiger partial charge on any atom is -0.338 e. The number of carbonyl (C=O) groups excluding carboxylic acids is 2. The number of hydrogen-bond acceptors (Lipinski definition) is 3. The van der Waals surface area contributed by atoms with Gasteiger partial charge in [-0.1, -0.05) is 20.8 Å². The second-order valence-corrected chi connectivity index (χ2v) is 6.16. The zero-order valence-corrected chi connectivity index (χ0v) is 13.2. The number of urea groups is 1. The molecule has 1 rings (SSSR count). The molecule has 2 N–H and O–H groups in total. The smallest absolute Gasteiger partial charge is 0.321 e. The Balaban J connectivity index is 2.56. The van der Waals surface area contributed by atoms with Gasteiger partial charge in [0.2, 0.25) is 5.91 Å². The van der Waals surface area contributed by atoms with Crippen LogP contribution >= 0.6 is 0 Å². The van der Waals surface area contributed by atoms with Gasteiger partial charge in [0.15, 0.2) is 0 Å². The van der Waals surface area contributed by atoms with Gasteiger partial charge in [-0.05, 0) is 44.6 Å². The van der Waals surface area contributed by atoms with Crippen LogP contribution in [-0.2, 0) is 4.79 Å². The number of imide groups is 1. The van der Waals surface area contributed by atoms with Crippen molar-refractivity contribution in [2.75, 3.05) is 19.6 Å². The van der Waals surface area contributed by atoms with Gasteiger partial charge in [0.05, 0.1) is 6.54 Å². The van der Waals surface area contributed by atoms with Crippen molar-refractivity contribution in [3.05, 3.63) is 0 Å². The fourth-order valence-corrected chi connectivity index (χ4v) is 2.84. The summed E-state index contributed by atoms with van der Waals surface area (Å²) in [6.45, 7) is 10.3. The lowest BCUT2D eigenvalue weighted by atomic mass is 9.95. The topological polar surface area (TPSA) is 61.4 Å². The Bertz CT molecular complexity index is 331. The first-order chi connectivity index (χ1) is 9.43. The maximum absolute atomic E-state index is 11.9. The van der Waals surface area contributed by atoms with Crippen molar-refractivity contribution in [1.82, 2.24) is 15.5 Å². The summed E-state index contributed by atoms with van der Waals surface area (Å²) in [6.07, 6.45) is 3.47. The SMILES string of the molecule is CCNC(=O)NC(=O)CN1CCC(C)CCC1C(C)C. The molecule has 1 aliphatic heterocycles. The van der Waals surface area contributed by atoms with Crippen LogP contribution < -0.4 is 10.6 Å². The summed E-state index contributed by atoms with van der Waals surface area (Å²) < 4.78 is 0. The quantitative estimate of drug-likeness (QED) is 0.829. The predicted octanol–water partition coefficient (Wildman–Crippen LogP) is 1.98. The summed E-state index contributed by atoms with van der Waals surface area (Å²) in [5.41, 5.74) is 0. The third-order valence-corrected chi connectivity index (χ3v) is 4.04. The molecule has 1 saturated heterocycles. The van der Waals surface area contributed by atoms with Gasteiger partial charge < -0.3 is 5.32 Å². The lowest BCUT2D eigenvalue weighted by molar-refractivity contribution is -0.121. The molecule has 5 heteroatoms. The number of hydrogen-bond donors (Lipinski definition) is 2. The number of nitrogens with zero attached hydrogens (tertiary/aromatic N) is 1. The largest absolute Gasteiger partial charge is 0.338 e. The van der Waals surface area contributed by atoms with E-state index in [0.29, 0.717) is 31.0 Å². The van der Waals surface area contributed by atoms with E-state index in [0.717, 1.165) is 19.4 Å². The molecule has 0 bridgehead atoms. The van der Waals surface area contributed by atoms with E-state index in [1.807, 2.05) is 6.92 Å². The maximum Gasteiger partial charge on any atom is 0.321 e. The van der Waals surface area contributed by atoms with Gasteiger partial charge in [-0.3, -0.25) is 15.0 Å². The zero-order chi connectivity index (χ0) is 15.1. The number of carbonyl (C=O) groups is 2. The third kappa shape index (κ3) is 5.49. The van der Waals surface area contributed by atoms with Gasteiger partial charge in [0, 0.05) is 12.6 Å². The second-order valence-electron chi connectivity index (χ2n) is 6.16. The van der Waals surface area contributed by atoms with Crippen molar-refractivity contribution in [1.29, 1.82) is 0 Å². The van der Waals surface area contributed by atoms with E-state index in [4.69, 9.17) is 0 Å². The van der Waals surface area contributed by atoms with E-state index < -0.39 is 6.03 Å². The average Bonchev–Trinajstić information content (AvgIpc) is 2.52. The predicted molar refractivity (Wildman–Crippen MR) is 80.4 cm³/mol. The molecule has 1 aliphatic rings. The Labute approximate surface area is 122 Å². The standard InChI is InChI=1S/C15H29N3O2/c1-5-16-15(20)17-14(19)10-18-9-8-12(4)6-7-13(18)11(2)3/h11-13H,5-10H2,1-4H3,(H2,16,17,19,20). The van der Waals surface area contributed by atoms with Crippen molar-refractivity contribution >= 4 is 11.9 Å². The van der Waals surface area contributed by atoms with E-state index >= 15 is 0 Å². The monoisotopic (exact) mass is 283 g/mol. The summed E-state index contributed by atoms with van der Waals surface area (Å²) in [5.74, 6) is 1.03. The van der Waals surface area contributed by atoms with Crippen molar-refractivity contribution in [3.8, 4) is 0 Å². The normalized spacial score (nSPS) is 24.2. The Kier molecular flexibility index (Phi) is 6.99. The highest BCUT2D eigenvalue weighted by atomic mass is 16.2. The van der Waals surface area contributed by atoms with Gasteiger partial charge in [0.25, 0.3) is 0 Å². The Morgan fingerprint density at radius 3 is 2.55 bits per heavy atom. The van der Waals surface area contributed by atoms with Crippen LogP contribution in [0, 0.1) is 11.8 Å².